The topological polar surface area (TPSA) is 166 Å². The van der Waals surface area contributed by atoms with Crippen LogP contribution in [0.4, 0.5) is 0 Å². The molecule has 0 fully saturated rings. The van der Waals surface area contributed by atoms with Crippen molar-refractivity contribution < 1.29 is 53.4 Å². The Morgan fingerprint density at radius 1 is 0.723 bits per heavy atom. The molecule has 0 saturated heterocycles. The van der Waals surface area contributed by atoms with Gasteiger partial charge in [-0.15, -0.1) is 0 Å². The summed E-state index contributed by atoms with van der Waals surface area (Å²) < 4.78 is 20.2. The first-order valence-corrected chi connectivity index (χ1v) is 17.2. The van der Waals surface area contributed by atoms with Crippen molar-refractivity contribution in [2.75, 3.05) is 33.5 Å². The van der Waals surface area contributed by atoms with E-state index in [1.165, 1.54) is 20.0 Å². The van der Waals surface area contributed by atoms with Gasteiger partial charge in [0.1, 0.15) is 19.3 Å². The van der Waals surface area contributed by atoms with E-state index in [1.807, 2.05) is 48.5 Å². The van der Waals surface area contributed by atoms with Gasteiger partial charge in [-0.1, -0.05) is 61.3 Å². The Hall–Kier alpha value is -2.24. The van der Waals surface area contributed by atoms with Crippen molar-refractivity contribution in [1.82, 2.24) is 0 Å². The zero-order chi connectivity index (χ0) is 37.9. The van der Waals surface area contributed by atoms with E-state index >= 15 is 0 Å². The Labute approximate surface area is 286 Å². The molecule has 0 aliphatic heterocycles. The van der Waals surface area contributed by atoms with Crippen molar-refractivity contribution in [2.24, 2.45) is 22.2 Å². The first kappa shape index (κ1) is 51.6. The van der Waals surface area contributed by atoms with Gasteiger partial charge in [-0.05, 0) is 80.1 Å². The second-order valence-electron chi connectivity index (χ2n) is 13.5. The molecule has 3 N–H and O–H groups in total. The van der Waals surface area contributed by atoms with Gasteiger partial charge in [-0.2, -0.15) is 0 Å². The third-order valence-corrected chi connectivity index (χ3v) is 8.17. The average molecular weight is 681 g/mol. The molecule has 3 atom stereocenters. The highest BCUT2D eigenvalue weighted by molar-refractivity contribution is 5.76. The van der Waals surface area contributed by atoms with Crippen LogP contribution in [0, 0.1) is 22.2 Å². The lowest BCUT2D eigenvalue weighted by Gasteiger charge is -2.21. The minimum atomic E-state index is -0.975. The number of ether oxygens (including phenoxy) is 4. The Kier molecular flexibility index (Phi) is 31.6. The van der Waals surface area contributed by atoms with Gasteiger partial charge in [0, 0.05) is 0 Å². The largest absolute Gasteiger partial charge is 0.481 e. The number of aliphatic hydroxyl groups excluding tert-OH is 2. The van der Waals surface area contributed by atoms with Crippen LogP contribution in [0.25, 0.3) is 0 Å². The fraction of sp³-hybridized carbons (Fsp3) is 0.889. The average Bonchev–Trinajstić information content (AvgIpc) is 3.06. The molecule has 11 heteroatoms. The minimum Gasteiger partial charge on any atom is -0.481 e. The number of carbonyl (C=O) groups is 4. The molecule has 0 heterocycles. The minimum absolute atomic E-state index is 0.00272. The number of carboxylic acids is 1. The maximum Gasteiger partial charge on any atom is 0.311 e. The predicted octanol–water partition coefficient (Wildman–Crippen LogP) is 6.98. The third kappa shape index (κ3) is 27.4. The van der Waals surface area contributed by atoms with Crippen LogP contribution in [0.3, 0.4) is 0 Å². The molecule has 0 bridgehead atoms. The molecule has 11 nitrogen and oxygen atoms in total. The van der Waals surface area contributed by atoms with Crippen LogP contribution in [0.2, 0.25) is 0 Å². The van der Waals surface area contributed by atoms with Crippen molar-refractivity contribution in [3.8, 4) is 0 Å². The summed E-state index contributed by atoms with van der Waals surface area (Å²) in [4.78, 5) is 43.8. The van der Waals surface area contributed by atoms with Gasteiger partial charge in [-0.25, -0.2) is 0 Å². The highest BCUT2D eigenvalue weighted by Crippen LogP contribution is 2.22. The standard InChI is InChI=1S/C14H28O3.C9H18O4.C7H14O2.C6H12O2/c1-5-8-9-13(7-3)16-10-11-17-14(15)12(4)6-2;1-4-9(2,3)8(12)13-6-7(11)5-10;1-5-7(2,3)6(8)9-4;1-4-6(2,3)5(7)8/h12-13H,5-11H2,1-4H3;7,10-11H,4-6H2,1-3H3;5H2,1-4H3;4H2,1-3H3,(H,7,8). The second kappa shape index (κ2) is 28.7. The molecule has 0 rings (SSSR count). The summed E-state index contributed by atoms with van der Waals surface area (Å²) in [5, 5.41) is 25.8. The maximum atomic E-state index is 11.4. The molecule has 0 spiro atoms. The molecule has 0 aromatic heterocycles. The summed E-state index contributed by atoms with van der Waals surface area (Å²) >= 11 is 0. The molecule has 0 radical (unpaired) electrons. The van der Waals surface area contributed by atoms with E-state index in [0.717, 1.165) is 25.7 Å². The van der Waals surface area contributed by atoms with E-state index in [2.05, 4.69) is 18.6 Å². The fourth-order valence-corrected chi connectivity index (χ4v) is 2.64. The number of rotatable bonds is 19. The first-order chi connectivity index (χ1) is 21.6. The Morgan fingerprint density at radius 2 is 1.21 bits per heavy atom. The summed E-state index contributed by atoms with van der Waals surface area (Å²) in [7, 11) is 1.42. The third-order valence-electron chi connectivity index (χ3n) is 8.17. The van der Waals surface area contributed by atoms with Crippen LogP contribution in [0.1, 0.15) is 141 Å². The molecule has 0 aromatic carbocycles. The van der Waals surface area contributed by atoms with Crippen LogP contribution >= 0.6 is 0 Å². The molecule has 0 aromatic rings. The highest BCUT2D eigenvalue weighted by atomic mass is 16.6. The fourth-order valence-electron chi connectivity index (χ4n) is 2.64. The van der Waals surface area contributed by atoms with Gasteiger partial charge in [0.25, 0.3) is 0 Å². The summed E-state index contributed by atoms with van der Waals surface area (Å²) in [6.45, 7) is 25.0. The van der Waals surface area contributed by atoms with Crippen molar-refractivity contribution >= 4 is 23.9 Å². The number of hydrogen-bond donors (Lipinski definition) is 3. The van der Waals surface area contributed by atoms with Gasteiger partial charge in [0.05, 0.1) is 48.6 Å². The van der Waals surface area contributed by atoms with Gasteiger partial charge in [-0.3, -0.25) is 19.2 Å². The summed E-state index contributed by atoms with van der Waals surface area (Å²) in [5.41, 5.74) is -1.37. The number of methoxy groups -OCH3 is 1. The molecular formula is C36H72O11. The van der Waals surface area contributed by atoms with Crippen LogP contribution in [-0.2, 0) is 38.1 Å². The lowest BCUT2D eigenvalue weighted by molar-refractivity contribution is -0.157. The molecule has 0 saturated carbocycles. The van der Waals surface area contributed by atoms with Gasteiger partial charge >= 0.3 is 23.9 Å². The number of carboxylic acid groups (broad SMARTS) is 1. The predicted molar refractivity (Wildman–Crippen MR) is 186 cm³/mol. The van der Waals surface area contributed by atoms with Crippen molar-refractivity contribution in [2.45, 2.75) is 154 Å². The number of hydrogen-bond acceptors (Lipinski definition) is 10. The summed E-state index contributed by atoms with van der Waals surface area (Å²) in [5.74, 6) is -1.32. The van der Waals surface area contributed by atoms with E-state index < -0.39 is 22.9 Å². The number of esters is 3. The molecule has 47 heavy (non-hydrogen) atoms. The molecule has 0 amide bonds. The van der Waals surface area contributed by atoms with E-state index in [-0.39, 0.29) is 42.5 Å². The first-order valence-electron chi connectivity index (χ1n) is 17.2. The van der Waals surface area contributed by atoms with Gasteiger partial charge in [0.15, 0.2) is 0 Å². The number of aliphatic carboxylic acids is 1. The Morgan fingerprint density at radius 3 is 1.53 bits per heavy atom. The van der Waals surface area contributed by atoms with E-state index in [1.54, 1.807) is 27.7 Å². The molecule has 282 valence electrons. The lowest BCUT2D eigenvalue weighted by atomic mass is 9.91. The SMILES string of the molecule is CCC(C)(C)C(=O)O.CCC(C)(C)C(=O)OC.CCC(C)(C)C(=O)OCC(O)CO.CCCCC(CC)OCCOC(=O)C(C)CC. The van der Waals surface area contributed by atoms with Gasteiger partial charge in [0.2, 0.25) is 0 Å². The monoisotopic (exact) mass is 681 g/mol. The quantitative estimate of drug-likeness (QED) is 0.0732. The molecule has 3 unspecified atom stereocenters. The second-order valence-corrected chi connectivity index (χ2v) is 13.5. The number of aliphatic hydroxyl groups is 2. The zero-order valence-electron chi connectivity index (χ0n) is 32.3. The zero-order valence-corrected chi connectivity index (χ0v) is 32.3. The highest BCUT2D eigenvalue weighted by Gasteiger charge is 2.28. The smallest absolute Gasteiger partial charge is 0.311 e. The molecule has 0 aliphatic carbocycles. The van der Waals surface area contributed by atoms with Crippen molar-refractivity contribution in [3.05, 3.63) is 0 Å². The van der Waals surface area contributed by atoms with Crippen molar-refractivity contribution in [1.29, 1.82) is 0 Å². The van der Waals surface area contributed by atoms with E-state index in [9.17, 15) is 19.2 Å². The number of unbranched alkanes of at least 4 members (excludes halogenated alkanes) is 1. The lowest BCUT2D eigenvalue weighted by Crippen LogP contribution is -2.30. The summed E-state index contributed by atoms with van der Waals surface area (Å²) in [6, 6.07) is 0. The Bertz CT molecular complexity index is 822. The van der Waals surface area contributed by atoms with Crippen LogP contribution in [-0.4, -0.2) is 84.9 Å². The van der Waals surface area contributed by atoms with E-state index in [4.69, 9.17) is 29.5 Å². The normalized spacial score (nSPS) is 13.1. The number of carbonyl (C=O) groups excluding carboxylic acids is 3. The molecular weight excluding hydrogens is 608 g/mol. The molecule has 0 aliphatic rings. The maximum absolute atomic E-state index is 11.4. The van der Waals surface area contributed by atoms with Crippen LogP contribution < -0.4 is 0 Å². The Balaban J connectivity index is -0.000000274. The van der Waals surface area contributed by atoms with E-state index in [0.29, 0.717) is 32.2 Å². The van der Waals surface area contributed by atoms with Crippen LogP contribution in [0.5, 0.6) is 0 Å². The van der Waals surface area contributed by atoms with Crippen LogP contribution in [0.15, 0.2) is 0 Å². The summed E-state index contributed by atoms with van der Waals surface area (Å²) in [6.07, 6.45) is 6.88. The van der Waals surface area contributed by atoms with Gasteiger partial charge < -0.3 is 34.3 Å². The van der Waals surface area contributed by atoms with Crippen molar-refractivity contribution in [3.63, 3.8) is 0 Å².